The van der Waals surface area contributed by atoms with Gasteiger partial charge >= 0.3 is 0 Å². The highest BCUT2D eigenvalue weighted by Gasteiger charge is 2.21. The van der Waals surface area contributed by atoms with Crippen LogP contribution in [0.15, 0.2) is 24.3 Å². The van der Waals surface area contributed by atoms with Crippen molar-refractivity contribution in [1.82, 2.24) is 15.2 Å². The summed E-state index contributed by atoms with van der Waals surface area (Å²) in [6, 6.07) is 7.11. The van der Waals surface area contributed by atoms with Gasteiger partial charge in [0.1, 0.15) is 5.75 Å². The minimum absolute atomic E-state index is 0.206. The Bertz CT molecular complexity index is 574. The van der Waals surface area contributed by atoms with Gasteiger partial charge in [0.15, 0.2) is 5.82 Å². The Kier molecular flexibility index (Phi) is 3.56. The van der Waals surface area contributed by atoms with Crippen molar-refractivity contribution in [2.45, 2.75) is 12.8 Å². The van der Waals surface area contributed by atoms with Crippen LogP contribution in [0.3, 0.4) is 0 Å². The van der Waals surface area contributed by atoms with Gasteiger partial charge in [-0.1, -0.05) is 12.1 Å². The van der Waals surface area contributed by atoms with Crippen molar-refractivity contribution < 1.29 is 5.11 Å². The average Bonchev–Trinajstić information content (AvgIpc) is 2.97. The van der Waals surface area contributed by atoms with Crippen molar-refractivity contribution >= 4 is 5.95 Å². The third-order valence-corrected chi connectivity index (χ3v) is 3.86. The van der Waals surface area contributed by atoms with E-state index in [0.717, 1.165) is 32.5 Å². The zero-order valence-electron chi connectivity index (χ0n) is 11.3. The lowest BCUT2D eigenvalue weighted by Gasteiger charge is -2.30. The SMILES string of the molecule is NCC1CCN(c2n[nH]c(-c3ccccc3O)n2)CC1. The van der Waals surface area contributed by atoms with Crippen LogP contribution in [0.2, 0.25) is 0 Å². The van der Waals surface area contributed by atoms with Gasteiger partial charge in [-0.3, -0.25) is 5.10 Å². The lowest BCUT2D eigenvalue weighted by molar-refractivity contribution is 0.411. The maximum Gasteiger partial charge on any atom is 0.245 e. The number of para-hydroxylation sites is 1. The summed E-state index contributed by atoms with van der Waals surface area (Å²) in [5.41, 5.74) is 6.37. The summed E-state index contributed by atoms with van der Waals surface area (Å²) >= 11 is 0. The molecule has 0 spiro atoms. The number of hydrogen-bond donors (Lipinski definition) is 3. The Hall–Kier alpha value is -2.08. The molecule has 0 atom stereocenters. The first kappa shape index (κ1) is 12.9. The minimum Gasteiger partial charge on any atom is -0.507 e. The second kappa shape index (κ2) is 5.50. The van der Waals surface area contributed by atoms with Crippen molar-refractivity contribution in [2.75, 3.05) is 24.5 Å². The number of H-pyrrole nitrogens is 1. The first-order valence-electron chi connectivity index (χ1n) is 6.93. The zero-order chi connectivity index (χ0) is 13.9. The van der Waals surface area contributed by atoms with Crippen LogP contribution < -0.4 is 10.6 Å². The molecule has 0 radical (unpaired) electrons. The molecule has 0 amide bonds. The van der Waals surface area contributed by atoms with Gasteiger partial charge in [0.25, 0.3) is 0 Å². The van der Waals surface area contributed by atoms with Crippen molar-refractivity contribution in [1.29, 1.82) is 0 Å². The number of anilines is 1. The largest absolute Gasteiger partial charge is 0.507 e. The lowest BCUT2D eigenvalue weighted by Crippen LogP contribution is -2.36. The smallest absolute Gasteiger partial charge is 0.245 e. The second-order valence-corrected chi connectivity index (χ2v) is 5.17. The highest BCUT2D eigenvalue weighted by Crippen LogP contribution is 2.27. The fourth-order valence-electron chi connectivity index (χ4n) is 2.56. The number of aromatic hydroxyl groups is 1. The average molecular weight is 273 g/mol. The molecule has 0 unspecified atom stereocenters. The molecule has 106 valence electrons. The highest BCUT2D eigenvalue weighted by molar-refractivity contribution is 5.64. The van der Waals surface area contributed by atoms with E-state index < -0.39 is 0 Å². The van der Waals surface area contributed by atoms with Gasteiger partial charge in [0.2, 0.25) is 5.95 Å². The molecular formula is C14H19N5O. The summed E-state index contributed by atoms with van der Waals surface area (Å²) in [6.07, 6.45) is 2.16. The van der Waals surface area contributed by atoms with Gasteiger partial charge in [0, 0.05) is 13.1 Å². The Balaban J connectivity index is 1.76. The van der Waals surface area contributed by atoms with Gasteiger partial charge in [-0.2, -0.15) is 4.98 Å². The molecule has 2 heterocycles. The summed E-state index contributed by atoms with van der Waals surface area (Å²) in [5, 5.41) is 17.0. The number of rotatable bonds is 3. The van der Waals surface area contributed by atoms with Crippen LogP contribution in [0.4, 0.5) is 5.95 Å². The normalized spacial score (nSPS) is 16.6. The number of nitrogens with zero attached hydrogens (tertiary/aromatic N) is 3. The Morgan fingerprint density at radius 1 is 1.30 bits per heavy atom. The number of benzene rings is 1. The molecule has 1 aromatic carbocycles. The molecule has 1 saturated heterocycles. The quantitative estimate of drug-likeness (QED) is 0.785. The summed E-state index contributed by atoms with van der Waals surface area (Å²) in [4.78, 5) is 6.64. The first-order chi connectivity index (χ1) is 9.78. The van der Waals surface area contributed by atoms with Crippen LogP contribution in [0.25, 0.3) is 11.4 Å². The molecule has 0 saturated carbocycles. The van der Waals surface area contributed by atoms with E-state index in [9.17, 15) is 5.11 Å². The molecule has 6 heteroatoms. The number of nitrogens with one attached hydrogen (secondary N) is 1. The van der Waals surface area contributed by atoms with Crippen molar-refractivity contribution in [3.8, 4) is 17.1 Å². The monoisotopic (exact) mass is 273 g/mol. The maximum atomic E-state index is 9.83. The van der Waals surface area contributed by atoms with Crippen molar-refractivity contribution in [2.24, 2.45) is 11.7 Å². The number of phenols is 1. The molecule has 0 bridgehead atoms. The molecule has 2 aromatic rings. The topological polar surface area (TPSA) is 91.1 Å². The number of piperidine rings is 1. The van der Waals surface area contributed by atoms with Gasteiger partial charge < -0.3 is 15.7 Å². The van der Waals surface area contributed by atoms with Crippen LogP contribution in [0.5, 0.6) is 5.75 Å². The number of hydrogen-bond acceptors (Lipinski definition) is 5. The van der Waals surface area contributed by atoms with Gasteiger partial charge in [-0.15, -0.1) is 5.10 Å². The summed E-state index contributed by atoms with van der Waals surface area (Å²) in [6.45, 7) is 2.62. The fourth-order valence-corrected chi connectivity index (χ4v) is 2.56. The van der Waals surface area contributed by atoms with E-state index in [1.54, 1.807) is 12.1 Å². The van der Waals surface area contributed by atoms with Crippen LogP contribution >= 0.6 is 0 Å². The molecule has 3 rings (SSSR count). The summed E-state index contributed by atoms with van der Waals surface area (Å²) < 4.78 is 0. The van der Waals surface area contributed by atoms with E-state index in [4.69, 9.17) is 5.73 Å². The second-order valence-electron chi connectivity index (χ2n) is 5.17. The minimum atomic E-state index is 0.206. The Morgan fingerprint density at radius 2 is 2.05 bits per heavy atom. The predicted molar refractivity (Wildman–Crippen MR) is 77.5 cm³/mol. The first-order valence-corrected chi connectivity index (χ1v) is 6.93. The summed E-state index contributed by atoms with van der Waals surface area (Å²) in [5.74, 6) is 2.11. The van der Waals surface area contributed by atoms with Crippen LogP contribution in [-0.4, -0.2) is 39.9 Å². The van der Waals surface area contributed by atoms with E-state index >= 15 is 0 Å². The van der Waals surface area contributed by atoms with Gasteiger partial charge in [-0.05, 0) is 37.4 Å². The molecular weight excluding hydrogens is 254 g/mol. The molecule has 1 aliphatic heterocycles. The predicted octanol–water partition coefficient (Wildman–Crippen LogP) is 1.35. The third kappa shape index (κ3) is 2.46. The number of aromatic amines is 1. The van der Waals surface area contributed by atoms with Crippen LogP contribution in [0, 0.1) is 5.92 Å². The van der Waals surface area contributed by atoms with Crippen molar-refractivity contribution in [3.63, 3.8) is 0 Å². The molecule has 1 aromatic heterocycles. The maximum absolute atomic E-state index is 9.83. The summed E-state index contributed by atoms with van der Waals surface area (Å²) in [7, 11) is 0. The molecule has 0 aliphatic carbocycles. The molecule has 6 nitrogen and oxygen atoms in total. The van der Waals surface area contributed by atoms with E-state index in [2.05, 4.69) is 20.1 Å². The standard InChI is InChI=1S/C14H19N5O/c15-9-10-5-7-19(8-6-10)14-16-13(17-18-14)11-3-1-2-4-12(11)20/h1-4,10,20H,5-9,15H2,(H,16,17,18). The molecule has 20 heavy (non-hydrogen) atoms. The van der Waals surface area contributed by atoms with Crippen LogP contribution in [0.1, 0.15) is 12.8 Å². The highest BCUT2D eigenvalue weighted by atomic mass is 16.3. The zero-order valence-corrected chi connectivity index (χ0v) is 11.3. The van der Waals surface area contributed by atoms with E-state index in [-0.39, 0.29) is 5.75 Å². The van der Waals surface area contributed by atoms with Gasteiger partial charge in [0.05, 0.1) is 5.56 Å². The van der Waals surface area contributed by atoms with Crippen LogP contribution in [-0.2, 0) is 0 Å². The molecule has 1 fully saturated rings. The van der Waals surface area contributed by atoms with E-state index in [0.29, 0.717) is 23.3 Å². The number of aromatic nitrogens is 3. The van der Waals surface area contributed by atoms with Gasteiger partial charge in [-0.25, -0.2) is 0 Å². The molecule has 1 aliphatic rings. The number of phenolic OH excluding ortho intramolecular Hbond substituents is 1. The number of nitrogens with two attached hydrogens (primary N) is 1. The molecule has 4 N–H and O–H groups in total. The van der Waals surface area contributed by atoms with Crippen molar-refractivity contribution in [3.05, 3.63) is 24.3 Å². The fraction of sp³-hybridized carbons (Fsp3) is 0.429. The Labute approximate surface area is 117 Å². The lowest BCUT2D eigenvalue weighted by atomic mass is 9.97. The van der Waals surface area contributed by atoms with E-state index in [1.807, 2.05) is 12.1 Å². The van der Waals surface area contributed by atoms with E-state index in [1.165, 1.54) is 0 Å². The third-order valence-electron chi connectivity index (χ3n) is 3.86. The Morgan fingerprint density at radius 3 is 2.75 bits per heavy atom.